The van der Waals surface area contributed by atoms with Gasteiger partial charge < -0.3 is 10.2 Å². The molecule has 1 N–H and O–H groups in total. The number of rotatable bonds is 3. The standard InChI is InChI=1S/C21H25N3O/c1-3-17-6-4-7-18(12-17)13-19-9-11-24(15-16(19)2)21(25)23-20-8-5-10-22-14-20/h4-8,10,12-14,16H,3,9,11,15H2,1-2H3,(H,23,25). The van der Waals surface area contributed by atoms with Gasteiger partial charge in [0.15, 0.2) is 0 Å². The van der Waals surface area contributed by atoms with E-state index in [1.54, 1.807) is 12.4 Å². The van der Waals surface area contributed by atoms with E-state index in [2.05, 4.69) is 54.5 Å². The molecule has 0 bridgehead atoms. The van der Waals surface area contributed by atoms with Gasteiger partial charge in [-0.1, -0.05) is 49.8 Å². The van der Waals surface area contributed by atoms with Crippen LogP contribution in [0.25, 0.3) is 6.08 Å². The van der Waals surface area contributed by atoms with E-state index in [9.17, 15) is 4.79 Å². The summed E-state index contributed by atoms with van der Waals surface area (Å²) in [5.41, 5.74) is 4.77. The van der Waals surface area contributed by atoms with E-state index in [0.717, 1.165) is 31.6 Å². The third kappa shape index (κ3) is 4.47. The molecule has 1 atom stereocenters. The fourth-order valence-electron chi connectivity index (χ4n) is 3.20. The molecule has 1 unspecified atom stereocenters. The molecule has 1 aliphatic heterocycles. The first-order chi connectivity index (χ1) is 12.2. The maximum Gasteiger partial charge on any atom is 0.321 e. The second kappa shape index (κ2) is 7.97. The van der Waals surface area contributed by atoms with Gasteiger partial charge in [-0.3, -0.25) is 4.98 Å². The Morgan fingerprint density at radius 1 is 1.36 bits per heavy atom. The first-order valence-corrected chi connectivity index (χ1v) is 8.91. The number of benzene rings is 1. The Labute approximate surface area is 149 Å². The number of hydrogen-bond donors (Lipinski definition) is 1. The third-order valence-electron chi connectivity index (χ3n) is 4.71. The van der Waals surface area contributed by atoms with Gasteiger partial charge in [0.05, 0.1) is 11.9 Å². The van der Waals surface area contributed by atoms with Crippen LogP contribution in [0.2, 0.25) is 0 Å². The summed E-state index contributed by atoms with van der Waals surface area (Å²) in [4.78, 5) is 18.3. The Hall–Kier alpha value is -2.62. The second-order valence-corrected chi connectivity index (χ2v) is 6.59. The summed E-state index contributed by atoms with van der Waals surface area (Å²) in [6, 6.07) is 12.3. The molecule has 2 aromatic rings. The summed E-state index contributed by atoms with van der Waals surface area (Å²) < 4.78 is 0. The summed E-state index contributed by atoms with van der Waals surface area (Å²) in [5.74, 6) is 0.360. The van der Waals surface area contributed by atoms with E-state index in [1.165, 1.54) is 16.7 Å². The van der Waals surface area contributed by atoms with Crippen molar-refractivity contribution in [2.45, 2.75) is 26.7 Å². The smallest absolute Gasteiger partial charge is 0.321 e. The Bertz CT molecular complexity index is 755. The lowest BCUT2D eigenvalue weighted by Crippen LogP contribution is -2.42. The van der Waals surface area contributed by atoms with Crippen molar-refractivity contribution in [3.63, 3.8) is 0 Å². The van der Waals surface area contributed by atoms with Gasteiger partial charge in [-0.05, 0) is 42.0 Å². The number of carbonyl (C=O) groups is 1. The minimum absolute atomic E-state index is 0.0492. The first-order valence-electron chi connectivity index (χ1n) is 8.91. The monoisotopic (exact) mass is 335 g/mol. The number of aryl methyl sites for hydroxylation is 1. The Morgan fingerprint density at radius 3 is 2.96 bits per heavy atom. The Kier molecular flexibility index (Phi) is 5.49. The lowest BCUT2D eigenvalue weighted by atomic mass is 9.91. The first kappa shape index (κ1) is 17.2. The number of nitrogens with one attached hydrogen (secondary N) is 1. The van der Waals surface area contributed by atoms with Crippen LogP contribution in [0.1, 0.15) is 31.4 Å². The number of amides is 2. The molecule has 1 aromatic heterocycles. The average molecular weight is 335 g/mol. The van der Waals surface area contributed by atoms with Crippen molar-refractivity contribution in [3.05, 3.63) is 65.5 Å². The molecule has 1 aromatic carbocycles. The summed E-state index contributed by atoms with van der Waals surface area (Å²) in [7, 11) is 0. The van der Waals surface area contributed by atoms with E-state index < -0.39 is 0 Å². The summed E-state index contributed by atoms with van der Waals surface area (Å²) in [6.45, 7) is 5.86. The number of carbonyl (C=O) groups excluding carboxylic acids is 1. The van der Waals surface area contributed by atoms with Gasteiger partial charge >= 0.3 is 6.03 Å². The molecule has 25 heavy (non-hydrogen) atoms. The quantitative estimate of drug-likeness (QED) is 0.891. The highest BCUT2D eigenvalue weighted by Gasteiger charge is 2.24. The van der Waals surface area contributed by atoms with E-state index in [0.29, 0.717) is 5.92 Å². The molecular weight excluding hydrogens is 310 g/mol. The molecule has 1 fully saturated rings. The third-order valence-corrected chi connectivity index (χ3v) is 4.71. The molecule has 0 spiro atoms. The number of pyridine rings is 1. The molecule has 0 aliphatic carbocycles. The van der Waals surface area contributed by atoms with Crippen LogP contribution in [0.4, 0.5) is 10.5 Å². The number of nitrogens with zero attached hydrogens (tertiary/aromatic N) is 2. The van der Waals surface area contributed by atoms with Crippen molar-refractivity contribution in [1.29, 1.82) is 0 Å². The topological polar surface area (TPSA) is 45.2 Å². The highest BCUT2D eigenvalue weighted by molar-refractivity contribution is 5.89. The molecule has 4 heteroatoms. The van der Waals surface area contributed by atoms with E-state index in [1.807, 2.05) is 17.0 Å². The molecule has 1 aliphatic rings. The fraction of sp³-hybridized carbons (Fsp3) is 0.333. The minimum atomic E-state index is -0.0492. The maximum atomic E-state index is 12.4. The number of aromatic nitrogens is 1. The van der Waals surface area contributed by atoms with Crippen LogP contribution in [-0.4, -0.2) is 29.0 Å². The van der Waals surface area contributed by atoms with Crippen LogP contribution in [0.15, 0.2) is 54.4 Å². The predicted octanol–water partition coefficient (Wildman–Crippen LogP) is 4.60. The van der Waals surface area contributed by atoms with Crippen molar-refractivity contribution >= 4 is 17.8 Å². The molecule has 0 saturated carbocycles. The minimum Gasteiger partial charge on any atom is -0.324 e. The molecule has 2 amide bonds. The number of hydrogen-bond acceptors (Lipinski definition) is 2. The normalized spacial score (nSPS) is 19.0. The van der Waals surface area contributed by atoms with Crippen LogP contribution in [0.5, 0.6) is 0 Å². The molecule has 2 heterocycles. The van der Waals surface area contributed by atoms with E-state index in [4.69, 9.17) is 0 Å². The largest absolute Gasteiger partial charge is 0.324 e. The van der Waals surface area contributed by atoms with Crippen molar-refractivity contribution in [2.24, 2.45) is 5.92 Å². The van der Waals surface area contributed by atoms with Gasteiger partial charge in [-0.2, -0.15) is 0 Å². The summed E-state index contributed by atoms with van der Waals surface area (Å²) in [6.07, 6.45) is 7.62. The number of anilines is 1. The molecule has 4 nitrogen and oxygen atoms in total. The molecule has 130 valence electrons. The number of piperidine rings is 1. The zero-order chi connectivity index (χ0) is 17.6. The number of urea groups is 1. The Morgan fingerprint density at radius 2 is 2.24 bits per heavy atom. The highest BCUT2D eigenvalue weighted by atomic mass is 16.2. The molecule has 0 radical (unpaired) electrons. The van der Waals surface area contributed by atoms with Gasteiger partial charge in [-0.25, -0.2) is 4.79 Å². The van der Waals surface area contributed by atoms with Crippen LogP contribution < -0.4 is 5.32 Å². The molecular formula is C21H25N3O. The van der Waals surface area contributed by atoms with Crippen LogP contribution in [-0.2, 0) is 6.42 Å². The van der Waals surface area contributed by atoms with Gasteiger partial charge in [0.1, 0.15) is 0 Å². The van der Waals surface area contributed by atoms with Gasteiger partial charge in [-0.15, -0.1) is 0 Å². The summed E-state index contributed by atoms with van der Waals surface area (Å²) in [5, 5.41) is 2.92. The Balaban J connectivity index is 1.63. The van der Waals surface area contributed by atoms with Crippen LogP contribution in [0.3, 0.4) is 0 Å². The highest BCUT2D eigenvalue weighted by Crippen LogP contribution is 2.25. The van der Waals surface area contributed by atoms with E-state index >= 15 is 0 Å². The second-order valence-electron chi connectivity index (χ2n) is 6.59. The molecule has 3 rings (SSSR count). The van der Waals surface area contributed by atoms with E-state index in [-0.39, 0.29) is 6.03 Å². The lowest BCUT2D eigenvalue weighted by molar-refractivity contribution is 0.198. The van der Waals surface area contributed by atoms with Gasteiger partial charge in [0, 0.05) is 19.3 Å². The fourth-order valence-corrected chi connectivity index (χ4v) is 3.20. The van der Waals surface area contributed by atoms with Crippen molar-refractivity contribution in [3.8, 4) is 0 Å². The van der Waals surface area contributed by atoms with Crippen molar-refractivity contribution in [1.82, 2.24) is 9.88 Å². The summed E-state index contributed by atoms with van der Waals surface area (Å²) >= 11 is 0. The zero-order valence-electron chi connectivity index (χ0n) is 14.9. The molecule has 1 saturated heterocycles. The zero-order valence-corrected chi connectivity index (χ0v) is 14.9. The van der Waals surface area contributed by atoms with Gasteiger partial charge in [0.2, 0.25) is 0 Å². The predicted molar refractivity (Wildman–Crippen MR) is 102 cm³/mol. The van der Waals surface area contributed by atoms with Gasteiger partial charge in [0.25, 0.3) is 0 Å². The maximum absolute atomic E-state index is 12.4. The van der Waals surface area contributed by atoms with Crippen LogP contribution >= 0.6 is 0 Å². The average Bonchev–Trinajstić information content (AvgIpc) is 2.64. The van der Waals surface area contributed by atoms with Crippen LogP contribution in [0, 0.1) is 5.92 Å². The van der Waals surface area contributed by atoms with Crippen molar-refractivity contribution < 1.29 is 4.79 Å². The number of likely N-dealkylation sites (tertiary alicyclic amines) is 1. The SMILES string of the molecule is CCc1cccc(C=C2CCN(C(=O)Nc3cccnc3)CC2C)c1. The van der Waals surface area contributed by atoms with Crippen molar-refractivity contribution in [2.75, 3.05) is 18.4 Å². The lowest BCUT2D eigenvalue weighted by Gasteiger charge is -2.33.